The van der Waals surface area contributed by atoms with Crippen LogP contribution in [0, 0.1) is 19.8 Å². The molecule has 5 nitrogen and oxygen atoms in total. The Morgan fingerprint density at radius 2 is 1.90 bits per heavy atom. The number of sulfonamides is 1. The molecule has 0 fully saturated rings. The smallest absolute Gasteiger partial charge is 0.241 e. The molecule has 1 atom stereocenters. The SMILES string of the molecule is CCOCC(NS(=O)(=O)c1cc(C)cc(N)c1C)C(C)C. The Morgan fingerprint density at radius 3 is 2.43 bits per heavy atom. The van der Waals surface area contributed by atoms with Gasteiger partial charge in [0, 0.05) is 18.3 Å². The number of aryl methyl sites for hydroxylation is 1. The quantitative estimate of drug-likeness (QED) is 0.756. The number of nitrogens with two attached hydrogens (primary N) is 1. The van der Waals surface area contributed by atoms with Crippen LogP contribution in [0.15, 0.2) is 17.0 Å². The predicted octanol–water partition coefficient (Wildman–Crippen LogP) is 2.23. The van der Waals surface area contributed by atoms with E-state index in [0.29, 0.717) is 24.5 Å². The van der Waals surface area contributed by atoms with Crippen LogP contribution in [0.2, 0.25) is 0 Å². The minimum absolute atomic E-state index is 0.133. The fourth-order valence-electron chi connectivity index (χ4n) is 2.00. The van der Waals surface area contributed by atoms with Crippen LogP contribution in [-0.4, -0.2) is 27.7 Å². The molecular weight excluding hydrogens is 288 g/mol. The maximum Gasteiger partial charge on any atom is 0.241 e. The first-order valence-electron chi connectivity index (χ1n) is 7.15. The Morgan fingerprint density at radius 1 is 1.29 bits per heavy atom. The van der Waals surface area contributed by atoms with Crippen LogP contribution in [0.4, 0.5) is 5.69 Å². The molecule has 0 heterocycles. The Kier molecular flexibility index (Phi) is 6.19. The van der Waals surface area contributed by atoms with Gasteiger partial charge in [-0.3, -0.25) is 0 Å². The van der Waals surface area contributed by atoms with E-state index in [2.05, 4.69) is 4.72 Å². The van der Waals surface area contributed by atoms with E-state index < -0.39 is 10.0 Å². The molecule has 3 N–H and O–H groups in total. The summed E-state index contributed by atoms with van der Waals surface area (Å²) in [6, 6.07) is 3.15. The standard InChI is InChI=1S/C15H26N2O3S/c1-6-20-9-14(10(2)3)17-21(18,19)15-8-11(4)7-13(16)12(15)5/h7-8,10,14,17H,6,9,16H2,1-5H3. The average molecular weight is 314 g/mol. The lowest BCUT2D eigenvalue weighted by Gasteiger charge is -2.23. The molecule has 0 spiro atoms. The summed E-state index contributed by atoms with van der Waals surface area (Å²) in [5, 5.41) is 0. The summed E-state index contributed by atoms with van der Waals surface area (Å²) in [5.74, 6) is 0.133. The van der Waals surface area contributed by atoms with E-state index in [1.54, 1.807) is 19.1 Å². The van der Waals surface area contributed by atoms with E-state index >= 15 is 0 Å². The van der Waals surface area contributed by atoms with Crippen LogP contribution < -0.4 is 10.5 Å². The van der Waals surface area contributed by atoms with Gasteiger partial charge >= 0.3 is 0 Å². The van der Waals surface area contributed by atoms with Crippen molar-refractivity contribution < 1.29 is 13.2 Å². The van der Waals surface area contributed by atoms with Crippen molar-refractivity contribution in [1.82, 2.24) is 4.72 Å². The number of nitrogen functional groups attached to an aromatic ring is 1. The van der Waals surface area contributed by atoms with E-state index in [1.165, 1.54) is 0 Å². The zero-order valence-corrected chi connectivity index (χ0v) is 14.3. The second kappa shape index (κ2) is 7.24. The summed E-state index contributed by atoms with van der Waals surface area (Å²) in [6.07, 6.45) is 0. The molecule has 0 saturated carbocycles. The molecule has 0 aliphatic rings. The maximum absolute atomic E-state index is 12.6. The van der Waals surface area contributed by atoms with E-state index in [0.717, 1.165) is 5.56 Å². The molecule has 1 unspecified atom stereocenters. The minimum Gasteiger partial charge on any atom is -0.398 e. The molecule has 0 bridgehead atoms. The van der Waals surface area contributed by atoms with E-state index in [-0.39, 0.29) is 16.9 Å². The van der Waals surface area contributed by atoms with Gasteiger partial charge in [-0.15, -0.1) is 0 Å². The van der Waals surface area contributed by atoms with Crippen molar-refractivity contribution in [1.29, 1.82) is 0 Å². The van der Waals surface area contributed by atoms with Gasteiger partial charge in [-0.25, -0.2) is 13.1 Å². The largest absolute Gasteiger partial charge is 0.398 e. The molecule has 0 aliphatic heterocycles. The summed E-state index contributed by atoms with van der Waals surface area (Å²) in [6.45, 7) is 10.3. The average Bonchev–Trinajstić information content (AvgIpc) is 2.38. The van der Waals surface area contributed by atoms with E-state index in [9.17, 15) is 8.42 Å². The van der Waals surface area contributed by atoms with Crippen molar-refractivity contribution in [3.05, 3.63) is 23.3 Å². The molecule has 1 rings (SSSR count). The predicted molar refractivity (Wildman–Crippen MR) is 85.8 cm³/mol. The second-order valence-corrected chi connectivity index (χ2v) is 7.29. The molecule has 21 heavy (non-hydrogen) atoms. The van der Waals surface area contributed by atoms with Crippen LogP contribution in [0.5, 0.6) is 0 Å². The third-order valence-corrected chi connectivity index (χ3v) is 5.06. The Hall–Kier alpha value is -1.11. The molecule has 0 amide bonds. The molecular formula is C15H26N2O3S. The van der Waals surface area contributed by atoms with Gasteiger partial charge in [-0.2, -0.15) is 0 Å². The number of anilines is 1. The number of hydrogen-bond donors (Lipinski definition) is 2. The maximum atomic E-state index is 12.6. The van der Waals surface area contributed by atoms with E-state index in [4.69, 9.17) is 10.5 Å². The zero-order valence-electron chi connectivity index (χ0n) is 13.4. The number of rotatable bonds is 7. The highest BCUT2D eigenvalue weighted by atomic mass is 32.2. The van der Waals surface area contributed by atoms with E-state index in [1.807, 2.05) is 27.7 Å². The summed E-state index contributed by atoms with van der Waals surface area (Å²) in [4.78, 5) is 0.238. The van der Waals surface area contributed by atoms with Crippen molar-refractivity contribution in [3.8, 4) is 0 Å². The number of hydrogen-bond acceptors (Lipinski definition) is 4. The highest BCUT2D eigenvalue weighted by molar-refractivity contribution is 7.89. The zero-order chi connectivity index (χ0) is 16.2. The van der Waals surface area contributed by atoms with Gasteiger partial charge in [0.2, 0.25) is 10.0 Å². The summed E-state index contributed by atoms with van der Waals surface area (Å²) < 4.78 is 33.3. The first-order valence-corrected chi connectivity index (χ1v) is 8.64. The first-order chi connectivity index (χ1) is 9.69. The minimum atomic E-state index is -3.62. The van der Waals surface area contributed by atoms with Gasteiger partial charge < -0.3 is 10.5 Å². The first kappa shape index (κ1) is 17.9. The lowest BCUT2D eigenvalue weighted by molar-refractivity contribution is 0.116. The van der Waals surface area contributed by atoms with Gasteiger partial charge in [0.05, 0.1) is 11.5 Å². The van der Waals surface area contributed by atoms with Gasteiger partial charge in [0.15, 0.2) is 0 Å². The molecule has 1 aromatic rings. The number of nitrogens with one attached hydrogen (secondary N) is 1. The summed E-state index contributed by atoms with van der Waals surface area (Å²) in [7, 11) is -3.62. The van der Waals surface area contributed by atoms with Gasteiger partial charge in [-0.1, -0.05) is 13.8 Å². The van der Waals surface area contributed by atoms with Crippen molar-refractivity contribution in [3.63, 3.8) is 0 Å². The van der Waals surface area contributed by atoms with Gasteiger partial charge in [0.1, 0.15) is 0 Å². The fraction of sp³-hybridized carbons (Fsp3) is 0.600. The Labute approximate surface area is 127 Å². The Bertz CT molecular complexity index is 583. The van der Waals surface area contributed by atoms with Crippen LogP contribution >= 0.6 is 0 Å². The van der Waals surface area contributed by atoms with Crippen molar-refractivity contribution >= 4 is 15.7 Å². The molecule has 6 heteroatoms. The van der Waals surface area contributed by atoms with Gasteiger partial charge in [-0.05, 0) is 49.9 Å². The van der Waals surface area contributed by atoms with Crippen molar-refractivity contribution in [2.45, 2.75) is 45.6 Å². The van der Waals surface area contributed by atoms with Crippen LogP contribution in [0.25, 0.3) is 0 Å². The third kappa shape index (κ3) is 4.69. The molecule has 120 valence electrons. The van der Waals surface area contributed by atoms with Crippen LogP contribution in [-0.2, 0) is 14.8 Å². The molecule has 1 aromatic carbocycles. The highest BCUT2D eigenvalue weighted by Crippen LogP contribution is 2.23. The lowest BCUT2D eigenvalue weighted by atomic mass is 10.1. The monoisotopic (exact) mass is 314 g/mol. The molecule has 0 aliphatic carbocycles. The third-order valence-electron chi connectivity index (χ3n) is 3.45. The van der Waals surface area contributed by atoms with Crippen molar-refractivity contribution in [2.75, 3.05) is 18.9 Å². The Balaban J connectivity index is 3.10. The molecule has 0 saturated heterocycles. The fourth-order valence-corrected chi connectivity index (χ4v) is 3.73. The normalized spacial score (nSPS) is 13.6. The van der Waals surface area contributed by atoms with Gasteiger partial charge in [0.25, 0.3) is 0 Å². The number of ether oxygens (including phenoxy) is 1. The molecule has 0 radical (unpaired) electrons. The van der Waals surface area contributed by atoms with Crippen molar-refractivity contribution in [2.24, 2.45) is 5.92 Å². The topological polar surface area (TPSA) is 81.4 Å². The molecule has 0 aromatic heterocycles. The number of benzene rings is 1. The van der Waals surface area contributed by atoms with Crippen LogP contribution in [0.1, 0.15) is 31.9 Å². The second-order valence-electron chi connectivity index (χ2n) is 5.61. The van der Waals surface area contributed by atoms with Crippen LogP contribution in [0.3, 0.4) is 0 Å². The summed E-state index contributed by atoms with van der Waals surface area (Å²) in [5.41, 5.74) is 7.76. The lowest BCUT2D eigenvalue weighted by Crippen LogP contribution is -2.42. The highest BCUT2D eigenvalue weighted by Gasteiger charge is 2.24. The summed E-state index contributed by atoms with van der Waals surface area (Å²) >= 11 is 0.